The van der Waals surface area contributed by atoms with Gasteiger partial charge in [-0.25, -0.2) is 8.42 Å². The van der Waals surface area contributed by atoms with E-state index in [1.165, 1.54) is 0 Å². The second-order valence-corrected chi connectivity index (χ2v) is 7.06. The van der Waals surface area contributed by atoms with Gasteiger partial charge >= 0.3 is 0 Å². The maximum atomic E-state index is 11.8. The van der Waals surface area contributed by atoms with Crippen LogP contribution in [0.5, 0.6) is 0 Å². The van der Waals surface area contributed by atoms with Crippen LogP contribution in [0.4, 0.5) is 0 Å². The summed E-state index contributed by atoms with van der Waals surface area (Å²) in [7, 11) is -2.98. The third-order valence-corrected chi connectivity index (χ3v) is 5.34. The summed E-state index contributed by atoms with van der Waals surface area (Å²) in [6.07, 6.45) is 0. The lowest BCUT2D eigenvalue weighted by atomic mass is 10.1. The van der Waals surface area contributed by atoms with E-state index in [-0.39, 0.29) is 17.0 Å². The van der Waals surface area contributed by atoms with Crippen molar-refractivity contribution in [1.29, 1.82) is 0 Å². The minimum absolute atomic E-state index is 0.139. The largest absolute Gasteiger partial charge is 0.308 e. The van der Waals surface area contributed by atoms with E-state index in [1.807, 2.05) is 18.2 Å². The molecule has 0 aromatic heterocycles. The first kappa shape index (κ1) is 11.9. The minimum atomic E-state index is -2.98. The van der Waals surface area contributed by atoms with Gasteiger partial charge in [0.25, 0.3) is 0 Å². The van der Waals surface area contributed by atoms with Crippen molar-refractivity contribution in [3.05, 3.63) is 34.9 Å². The molecule has 3 nitrogen and oxygen atoms in total. The van der Waals surface area contributed by atoms with Crippen LogP contribution in [0.1, 0.15) is 18.5 Å². The summed E-state index contributed by atoms with van der Waals surface area (Å²) >= 11 is 5.89. The number of sulfone groups is 1. The second-order valence-electron chi connectivity index (χ2n) is 4.16. The number of hydrogen-bond acceptors (Lipinski definition) is 3. The summed E-state index contributed by atoms with van der Waals surface area (Å²) in [6, 6.07) is 7.19. The molecule has 2 unspecified atom stereocenters. The van der Waals surface area contributed by atoms with Gasteiger partial charge in [0.1, 0.15) is 0 Å². The Labute approximate surface area is 101 Å². The van der Waals surface area contributed by atoms with Crippen molar-refractivity contribution in [1.82, 2.24) is 5.32 Å². The van der Waals surface area contributed by atoms with Crippen molar-refractivity contribution >= 4 is 21.4 Å². The zero-order chi connectivity index (χ0) is 11.8. The van der Waals surface area contributed by atoms with Gasteiger partial charge in [-0.3, -0.25) is 0 Å². The van der Waals surface area contributed by atoms with Crippen LogP contribution in [0.25, 0.3) is 0 Å². The van der Waals surface area contributed by atoms with Gasteiger partial charge in [0, 0.05) is 17.6 Å². The predicted octanol–water partition coefficient (Wildman–Crippen LogP) is 1.79. The molecule has 2 rings (SSSR count). The normalized spacial score (nSPS) is 28.9. The highest BCUT2D eigenvalue weighted by Crippen LogP contribution is 2.23. The zero-order valence-electron chi connectivity index (χ0n) is 8.98. The van der Waals surface area contributed by atoms with Gasteiger partial charge in [0.2, 0.25) is 0 Å². The summed E-state index contributed by atoms with van der Waals surface area (Å²) in [5.74, 6) is 0.147. The quantitative estimate of drug-likeness (QED) is 0.836. The zero-order valence-corrected chi connectivity index (χ0v) is 10.6. The molecule has 1 aromatic rings. The number of nitrogens with one attached hydrogen (secondary N) is 1. The molecule has 88 valence electrons. The monoisotopic (exact) mass is 259 g/mol. The molecule has 0 saturated carbocycles. The molecular formula is C11H14ClNO2S. The van der Waals surface area contributed by atoms with Gasteiger partial charge in [0.05, 0.1) is 11.0 Å². The Balaban J connectivity index is 2.25. The number of benzene rings is 1. The van der Waals surface area contributed by atoms with E-state index in [4.69, 9.17) is 11.6 Å². The second kappa shape index (κ2) is 4.35. The van der Waals surface area contributed by atoms with Crippen molar-refractivity contribution in [2.24, 2.45) is 0 Å². The van der Waals surface area contributed by atoms with Gasteiger partial charge in [-0.1, -0.05) is 23.7 Å². The molecule has 0 amide bonds. The van der Waals surface area contributed by atoms with E-state index in [1.54, 1.807) is 13.0 Å². The lowest BCUT2D eigenvalue weighted by Gasteiger charge is -2.28. The Morgan fingerprint density at radius 2 is 2.19 bits per heavy atom. The first-order valence-corrected chi connectivity index (χ1v) is 7.29. The van der Waals surface area contributed by atoms with Gasteiger partial charge in [-0.05, 0) is 24.6 Å². The summed E-state index contributed by atoms with van der Waals surface area (Å²) in [4.78, 5) is 0. The van der Waals surface area contributed by atoms with Crippen LogP contribution < -0.4 is 5.32 Å². The van der Waals surface area contributed by atoms with E-state index >= 15 is 0 Å². The summed E-state index contributed by atoms with van der Waals surface area (Å²) in [5.41, 5.74) is 0.933. The summed E-state index contributed by atoms with van der Waals surface area (Å²) < 4.78 is 23.6. The predicted molar refractivity (Wildman–Crippen MR) is 65.4 cm³/mol. The molecule has 1 aliphatic rings. The van der Waals surface area contributed by atoms with Crippen molar-refractivity contribution in [3.8, 4) is 0 Å². The van der Waals surface area contributed by atoms with Crippen LogP contribution in [0, 0.1) is 0 Å². The van der Waals surface area contributed by atoms with Crippen LogP contribution in [0.15, 0.2) is 24.3 Å². The molecule has 1 heterocycles. The Hall–Kier alpha value is -0.580. The average molecular weight is 260 g/mol. The topological polar surface area (TPSA) is 46.2 Å². The van der Waals surface area contributed by atoms with Crippen molar-refractivity contribution in [2.45, 2.75) is 18.2 Å². The highest BCUT2D eigenvalue weighted by molar-refractivity contribution is 7.92. The van der Waals surface area contributed by atoms with Crippen LogP contribution in [0.3, 0.4) is 0 Å². The van der Waals surface area contributed by atoms with Crippen LogP contribution in [-0.4, -0.2) is 26.0 Å². The van der Waals surface area contributed by atoms with Crippen LogP contribution >= 0.6 is 11.6 Å². The van der Waals surface area contributed by atoms with E-state index in [0.29, 0.717) is 11.6 Å². The fourth-order valence-corrected chi connectivity index (χ4v) is 3.48. The molecule has 1 aromatic carbocycles. The maximum absolute atomic E-state index is 11.8. The molecule has 0 aliphatic carbocycles. The SMILES string of the molecule is CC1CNC(c2cccc(Cl)c2)CS1(=O)=O. The van der Waals surface area contributed by atoms with E-state index in [9.17, 15) is 8.42 Å². The van der Waals surface area contributed by atoms with Crippen LogP contribution in [0.2, 0.25) is 5.02 Å². The smallest absolute Gasteiger partial charge is 0.156 e. The van der Waals surface area contributed by atoms with Gasteiger partial charge in [-0.15, -0.1) is 0 Å². The van der Waals surface area contributed by atoms with E-state index < -0.39 is 9.84 Å². The van der Waals surface area contributed by atoms with Crippen molar-refractivity contribution < 1.29 is 8.42 Å². The van der Waals surface area contributed by atoms with Gasteiger partial charge in [-0.2, -0.15) is 0 Å². The number of halogens is 1. The number of rotatable bonds is 1. The maximum Gasteiger partial charge on any atom is 0.156 e. The van der Waals surface area contributed by atoms with E-state index in [0.717, 1.165) is 5.56 Å². The minimum Gasteiger partial charge on any atom is -0.308 e. The molecule has 1 fully saturated rings. The third-order valence-electron chi connectivity index (χ3n) is 2.91. The Kier molecular flexibility index (Phi) is 3.24. The van der Waals surface area contributed by atoms with Gasteiger partial charge < -0.3 is 5.32 Å². The van der Waals surface area contributed by atoms with Gasteiger partial charge in [0.15, 0.2) is 9.84 Å². The molecule has 16 heavy (non-hydrogen) atoms. The molecule has 1 aliphatic heterocycles. The molecular weight excluding hydrogens is 246 g/mol. The highest BCUT2D eigenvalue weighted by Gasteiger charge is 2.31. The fourth-order valence-electron chi connectivity index (χ4n) is 1.83. The first-order chi connectivity index (χ1) is 7.49. The molecule has 1 saturated heterocycles. The fraction of sp³-hybridized carbons (Fsp3) is 0.455. The molecule has 0 spiro atoms. The van der Waals surface area contributed by atoms with Crippen molar-refractivity contribution in [2.75, 3.05) is 12.3 Å². The number of hydrogen-bond donors (Lipinski definition) is 1. The average Bonchev–Trinajstić information content (AvgIpc) is 2.22. The molecule has 0 radical (unpaired) electrons. The summed E-state index contributed by atoms with van der Waals surface area (Å²) in [5, 5.41) is 3.56. The van der Waals surface area contributed by atoms with E-state index in [2.05, 4.69) is 5.32 Å². The summed E-state index contributed by atoms with van der Waals surface area (Å²) in [6.45, 7) is 2.23. The molecule has 0 bridgehead atoms. The lowest BCUT2D eigenvalue weighted by molar-refractivity contribution is 0.502. The first-order valence-electron chi connectivity index (χ1n) is 5.19. The Morgan fingerprint density at radius 3 is 2.81 bits per heavy atom. The highest BCUT2D eigenvalue weighted by atomic mass is 35.5. The third kappa shape index (κ3) is 2.39. The lowest BCUT2D eigenvalue weighted by Crippen LogP contribution is -2.44. The van der Waals surface area contributed by atoms with Crippen molar-refractivity contribution in [3.63, 3.8) is 0 Å². The molecule has 1 N–H and O–H groups in total. The molecule has 5 heteroatoms. The Bertz CT molecular complexity index is 487. The standard InChI is InChI=1S/C11H14ClNO2S/c1-8-6-13-11(7-16(8,14)15)9-3-2-4-10(12)5-9/h2-5,8,11,13H,6-7H2,1H3. The van der Waals surface area contributed by atoms with Crippen LogP contribution in [-0.2, 0) is 9.84 Å². The Morgan fingerprint density at radius 1 is 1.44 bits per heavy atom. The molecule has 2 atom stereocenters.